The van der Waals surface area contributed by atoms with Gasteiger partial charge < -0.3 is 14.3 Å². The van der Waals surface area contributed by atoms with E-state index in [9.17, 15) is 9.59 Å². The Balaban J connectivity index is 1.27. The number of aromatic nitrogens is 2. The van der Waals surface area contributed by atoms with Crippen LogP contribution in [0, 0.1) is 12.8 Å². The van der Waals surface area contributed by atoms with Crippen LogP contribution in [0.1, 0.15) is 37.1 Å². The van der Waals surface area contributed by atoms with E-state index in [1.165, 1.54) is 0 Å². The number of carbonyl (C=O) groups is 2. The summed E-state index contributed by atoms with van der Waals surface area (Å²) in [5.41, 5.74) is 2.07. The summed E-state index contributed by atoms with van der Waals surface area (Å²) >= 11 is 0. The standard InChI is InChI=1S/C21H26N4O3/c1-14-6-3-4-7-16(14)21-22-18(28-23-21)8-5-9-19(26)25-11-10-17-15(13-25)12-20(27)24(17)2/h3-4,6-7,15,17H,5,8-13H2,1-2H3/t15-,17+/m1/s1. The summed E-state index contributed by atoms with van der Waals surface area (Å²) in [6, 6.07) is 8.23. The summed E-state index contributed by atoms with van der Waals surface area (Å²) in [5, 5.41) is 4.07. The predicted molar refractivity (Wildman–Crippen MR) is 103 cm³/mol. The van der Waals surface area contributed by atoms with E-state index >= 15 is 0 Å². The fraction of sp³-hybridized carbons (Fsp3) is 0.524. The van der Waals surface area contributed by atoms with Crippen molar-refractivity contribution >= 4 is 11.8 Å². The summed E-state index contributed by atoms with van der Waals surface area (Å²) in [5.74, 6) is 1.79. The van der Waals surface area contributed by atoms with Gasteiger partial charge in [-0.1, -0.05) is 29.4 Å². The van der Waals surface area contributed by atoms with Crippen molar-refractivity contribution in [3.8, 4) is 11.4 Å². The molecule has 0 spiro atoms. The molecule has 0 saturated carbocycles. The number of carbonyl (C=O) groups excluding carboxylic acids is 2. The summed E-state index contributed by atoms with van der Waals surface area (Å²) < 4.78 is 5.35. The van der Waals surface area contributed by atoms with Gasteiger partial charge in [-0.25, -0.2) is 0 Å². The van der Waals surface area contributed by atoms with Crippen LogP contribution in [0.5, 0.6) is 0 Å². The Kier molecular flexibility index (Phi) is 5.15. The minimum absolute atomic E-state index is 0.152. The number of likely N-dealkylation sites (tertiary alicyclic amines) is 2. The Morgan fingerprint density at radius 2 is 2.14 bits per heavy atom. The molecule has 7 heteroatoms. The lowest BCUT2D eigenvalue weighted by Gasteiger charge is -2.36. The topological polar surface area (TPSA) is 79.5 Å². The smallest absolute Gasteiger partial charge is 0.226 e. The molecule has 0 bridgehead atoms. The minimum atomic E-state index is 0.152. The van der Waals surface area contributed by atoms with Gasteiger partial charge in [-0.05, 0) is 25.3 Å². The molecule has 4 rings (SSSR count). The molecule has 3 heterocycles. The first-order valence-electron chi connectivity index (χ1n) is 9.95. The molecule has 1 aromatic carbocycles. The van der Waals surface area contributed by atoms with E-state index in [0.29, 0.717) is 50.0 Å². The number of rotatable bonds is 5. The molecule has 2 atom stereocenters. The van der Waals surface area contributed by atoms with Crippen molar-refractivity contribution < 1.29 is 14.1 Å². The molecule has 0 aliphatic carbocycles. The van der Waals surface area contributed by atoms with E-state index in [0.717, 1.165) is 24.1 Å². The van der Waals surface area contributed by atoms with Crippen LogP contribution >= 0.6 is 0 Å². The average Bonchev–Trinajstić information content (AvgIpc) is 3.26. The molecule has 2 saturated heterocycles. The molecule has 7 nitrogen and oxygen atoms in total. The Morgan fingerprint density at radius 3 is 2.96 bits per heavy atom. The Hall–Kier alpha value is -2.70. The highest BCUT2D eigenvalue weighted by molar-refractivity contribution is 5.80. The van der Waals surface area contributed by atoms with E-state index in [1.54, 1.807) is 0 Å². The monoisotopic (exact) mass is 382 g/mol. The third-order valence-electron chi connectivity index (χ3n) is 6.01. The lowest BCUT2D eigenvalue weighted by Crippen LogP contribution is -2.47. The van der Waals surface area contributed by atoms with E-state index in [4.69, 9.17) is 4.52 Å². The number of fused-ring (bicyclic) bond motifs is 1. The molecule has 148 valence electrons. The van der Waals surface area contributed by atoms with E-state index in [2.05, 4.69) is 10.1 Å². The summed E-state index contributed by atoms with van der Waals surface area (Å²) in [7, 11) is 1.88. The molecule has 2 aliphatic rings. The number of hydrogen-bond donors (Lipinski definition) is 0. The van der Waals surface area contributed by atoms with E-state index < -0.39 is 0 Å². The van der Waals surface area contributed by atoms with Gasteiger partial charge in [-0.15, -0.1) is 0 Å². The zero-order valence-electron chi connectivity index (χ0n) is 16.4. The molecule has 2 fully saturated rings. The quantitative estimate of drug-likeness (QED) is 0.794. The zero-order valence-corrected chi connectivity index (χ0v) is 16.4. The molecule has 1 aromatic heterocycles. The maximum atomic E-state index is 12.6. The third-order valence-corrected chi connectivity index (χ3v) is 6.01. The van der Waals surface area contributed by atoms with Gasteiger partial charge in [0.1, 0.15) is 0 Å². The first kappa shape index (κ1) is 18.7. The summed E-state index contributed by atoms with van der Waals surface area (Å²) in [4.78, 5) is 32.7. The number of benzene rings is 1. The maximum Gasteiger partial charge on any atom is 0.226 e. The van der Waals surface area contributed by atoms with Crippen LogP contribution in [-0.2, 0) is 16.0 Å². The Labute approximate surface area is 164 Å². The molecule has 0 radical (unpaired) electrons. The number of hydrogen-bond acceptors (Lipinski definition) is 5. The predicted octanol–water partition coefficient (Wildman–Crippen LogP) is 2.45. The third kappa shape index (κ3) is 3.66. The van der Waals surface area contributed by atoms with Crippen LogP contribution in [0.2, 0.25) is 0 Å². The average molecular weight is 382 g/mol. The zero-order chi connectivity index (χ0) is 19.7. The molecule has 2 aliphatic heterocycles. The molecular formula is C21H26N4O3. The van der Waals surface area contributed by atoms with Crippen molar-refractivity contribution in [2.75, 3.05) is 20.1 Å². The van der Waals surface area contributed by atoms with Crippen LogP contribution in [0.4, 0.5) is 0 Å². The molecular weight excluding hydrogens is 356 g/mol. The second-order valence-electron chi connectivity index (χ2n) is 7.84. The number of aryl methyl sites for hydroxylation is 2. The molecule has 0 unspecified atom stereocenters. The Bertz CT molecular complexity index is 878. The van der Waals surface area contributed by atoms with Crippen molar-refractivity contribution in [2.45, 2.75) is 45.1 Å². The second-order valence-corrected chi connectivity index (χ2v) is 7.84. The van der Waals surface area contributed by atoms with Gasteiger partial charge in [0.2, 0.25) is 23.5 Å². The highest BCUT2D eigenvalue weighted by Gasteiger charge is 2.41. The normalized spacial score (nSPS) is 21.9. The minimum Gasteiger partial charge on any atom is -0.342 e. The van der Waals surface area contributed by atoms with Gasteiger partial charge >= 0.3 is 0 Å². The van der Waals surface area contributed by atoms with Gasteiger partial charge in [-0.2, -0.15) is 4.98 Å². The number of nitrogens with zero attached hydrogens (tertiary/aromatic N) is 4. The van der Waals surface area contributed by atoms with Crippen molar-refractivity contribution in [2.24, 2.45) is 5.92 Å². The number of piperidine rings is 1. The molecule has 2 amide bonds. The van der Waals surface area contributed by atoms with Gasteiger partial charge in [-0.3, -0.25) is 9.59 Å². The highest BCUT2D eigenvalue weighted by Crippen LogP contribution is 2.31. The first-order chi connectivity index (χ1) is 13.5. The second kappa shape index (κ2) is 7.73. The van der Waals surface area contributed by atoms with Crippen molar-refractivity contribution in [1.29, 1.82) is 0 Å². The van der Waals surface area contributed by atoms with Crippen molar-refractivity contribution in [1.82, 2.24) is 19.9 Å². The lowest BCUT2D eigenvalue weighted by molar-refractivity contribution is -0.133. The summed E-state index contributed by atoms with van der Waals surface area (Å²) in [6.45, 7) is 3.44. The fourth-order valence-corrected chi connectivity index (χ4v) is 4.35. The molecule has 2 aromatic rings. The van der Waals surface area contributed by atoms with Gasteiger partial charge in [0.15, 0.2) is 0 Å². The van der Waals surface area contributed by atoms with Gasteiger partial charge in [0.25, 0.3) is 0 Å². The van der Waals surface area contributed by atoms with Crippen LogP contribution < -0.4 is 0 Å². The highest BCUT2D eigenvalue weighted by atomic mass is 16.5. The lowest BCUT2D eigenvalue weighted by atomic mass is 9.92. The van der Waals surface area contributed by atoms with Crippen LogP contribution in [0.3, 0.4) is 0 Å². The fourth-order valence-electron chi connectivity index (χ4n) is 4.35. The van der Waals surface area contributed by atoms with Gasteiger partial charge in [0, 0.05) is 56.9 Å². The molecule has 0 N–H and O–H groups in total. The molecule has 28 heavy (non-hydrogen) atoms. The van der Waals surface area contributed by atoms with Crippen molar-refractivity contribution in [3.05, 3.63) is 35.7 Å². The maximum absolute atomic E-state index is 12.6. The Morgan fingerprint density at radius 1 is 1.32 bits per heavy atom. The van der Waals surface area contributed by atoms with Crippen molar-refractivity contribution in [3.63, 3.8) is 0 Å². The van der Waals surface area contributed by atoms with Crippen LogP contribution in [-0.4, -0.2) is 57.9 Å². The van der Waals surface area contributed by atoms with E-state index in [1.807, 2.05) is 48.0 Å². The largest absolute Gasteiger partial charge is 0.342 e. The van der Waals surface area contributed by atoms with Crippen LogP contribution in [0.25, 0.3) is 11.4 Å². The summed E-state index contributed by atoms with van der Waals surface area (Å²) in [6.07, 6.45) is 3.17. The number of amides is 2. The van der Waals surface area contributed by atoms with Gasteiger partial charge in [0.05, 0.1) is 0 Å². The van der Waals surface area contributed by atoms with E-state index in [-0.39, 0.29) is 17.7 Å². The van der Waals surface area contributed by atoms with Crippen LogP contribution in [0.15, 0.2) is 28.8 Å². The SMILES string of the molecule is Cc1ccccc1-c1noc(CCCC(=O)N2CC[C@H]3[C@H](CC(=O)N3C)C2)n1. The first-order valence-corrected chi connectivity index (χ1v) is 9.95.